The van der Waals surface area contributed by atoms with Crippen LogP contribution in [-0.4, -0.2) is 40.0 Å². The number of nitrogens with one attached hydrogen (secondary N) is 1. The molecule has 170 valence electrons. The molecule has 1 atom stereocenters. The Balaban J connectivity index is 1.65. The van der Waals surface area contributed by atoms with Crippen molar-refractivity contribution in [2.24, 2.45) is 0 Å². The van der Waals surface area contributed by atoms with Gasteiger partial charge in [-0.1, -0.05) is 18.2 Å². The van der Waals surface area contributed by atoms with Crippen molar-refractivity contribution in [2.75, 3.05) is 13.2 Å². The van der Waals surface area contributed by atoms with E-state index in [1.165, 1.54) is 4.68 Å². The number of alkyl halides is 3. The van der Waals surface area contributed by atoms with Gasteiger partial charge in [-0.3, -0.25) is 9.59 Å². The van der Waals surface area contributed by atoms with Crippen molar-refractivity contribution >= 4 is 16.7 Å². The zero-order valence-electron chi connectivity index (χ0n) is 17.4. The highest BCUT2D eigenvalue weighted by Crippen LogP contribution is 2.30. The summed E-state index contributed by atoms with van der Waals surface area (Å²) >= 11 is 0. The zero-order valence-corrected chi connectivity index (χ0v) is 17.4. The molecule has 0 aliphatic carbocycles. The van der Waals surface area contributed by atoms with Crippen molar-refractivity contribution < 1.29 is 27.8 Å². The van der Waals surface area contributed by atoms with Gasteiger partial charge >= 0.3 is 6.18 Å². The Kier molecular flexibility index (Phi) is 6.83. The Hall–Kier alpha value is -3.40. The number of amides is 1. The molecule has 0 bridgehead atoms. The molecule has 32 heavy (non-hydrogen) atoms. The van der Waals surface area contributed by atoms with Crippen LogP contribution in [-0.2, 0) is 6.18 Å². The number of nitrogens with zero attached hydrogens (tertiary/aromatic N) is 2. The van der Waals surface area contributed by atoms with Crippen LogP contribution in [0.5, 0.6) is 5.75 Å². The Labute approximate surface area is 181 Å². The highest BCUT2D eigenvalue weighted by Gasteiger charge is 2.30. The molecule has 1 unspecified atom stereocenters. The van der Waals surface area contributed by atoms with Crippen molar-refractivity contribution in [1.82, 2.24) is 15.1 Å². The summed E-state index contributed by atoms with van der Waals surface area (Å²) in [4.78, 5) is 25.3. The number of ether oxygens (including phenoxy) is 1. The molecule has 10 heteroatoms. The molecule has 1 amide bonds. The number of aliphatic hydroxyl groups excluding tert-OH is 1. The Morgan fingerprint density at radius 2 is 1.75 bits per heavy atom. The summed E-state index contributed by atoms with van der Waals surface area (Å²) in [6.45, 7) is 3.11. The lowest BCUT2D eigenvalue weighted by Gasteiger charge is -2.16. The Morgan fingerprint density at radius 3 is 2.34 bits per heavy atom. The van der Waals surface area contributed by atoms with Gasteiger partial charge in [0, 0.05) is 11.9 Å². The average Bonchev–Trinajstić information content (AvgIpc) is 2.76. The number of rotatable bonds is 7. The third-order valence-electron chi connectivity index (χ3n) is 4.65. The molecule has 0 saturated heterocycles. The molecule has 0 spiro atoms. The van der Waals surface area contributed by atoms with Gasteiger partial charge in [0.25, 0.3) is 11.5 Å². The third-order valence-corrected chi connectivity index (χ3v) is 4.65. The number of fused-ring (bicyclic) bond motifs is 1. The molecule has 1 heterocycles. The van der Waals surface area contributed by atoms with Gasteiger partial charge in [0.1, 0.15) is 18.5 Å². The molecule has 2 N–H and O–H groups in total. The van der Waals surface area contributed by atoms with Crippen LogP contribution in [0.15, 0.2) is 53.3 Å². The first-order chi connectivity index (χ1) is 15.1. The SMILES string of the molecule is CC(C)n1nc(C(=O)NCC(O)COc2ccc(C(F)(F)F)cc2)c2ccccc2c1=O. The summed E-state index contributed by atoms with van der Waals surface area (Å²) in [7, 11) is 0. The highest BCUT2D eigenvalue weighted by atomic mass is 19.4. The van der Waals surface area contributed by atoms with Gasteiger partial charge in [-0.15, -0.1) is 0 Å². The largest absolute Gasteiger partial charge is 0.491 e. The molecule has 0 aliphatic heterocycles. The maximum absolute atomic E-state index is 12.7. The monoisotopic (exact) mass is 449 g/mol. The number of aliphatic hydroxyl groups is 1. The van der Waals surface area contributed by atoms with Crippen LogP contribution in [0.2, 0.25) is 0 Å². The van der Waals surface area contributed by atoms with Crippen LogP contribution in [0.3, 0.4) is 0 Å². The van der Waals surface area contributed by atoms with E-state index in [-0.39, 0.29) is 36.2 Å². The van der Waals surface area contributed by atoms with Gasteiger partial charge < -0.3 is 15.2 Å². The smallest absolute Gasteiger partial charge is 0.416 e. The molecular formula is C22H22F3N3O4. The van der Waals surface area contributed by atoms with E-state index in [9.17, 15) is 27.9 Å². The summed E-state index contributed by atoms with van der Waals surface area (Å²) in [6.07, 6.45) is -5.57. The lowest BCUT2D eigenvalue weighted by molar-refractivity contribution is -0.137. The minimum absolute atomic E-state index is 0.0461. The second-order valence-electron chi connectivity index (χ2n) is 7.43. The van der Waals surface area contributed by atoms with E-state index in [1.807, 2.05) is 0 Å². The number of halogens is 3. The van der Waals surface area contributed by atoms with Crippen LogP contribution in [0, 0.1) is 0 Å². The minimum Gasteiger partial charge on any atom is -0.491 e. The van der Waals surface area contributed by atoms with Gasteiger partial charge in [0.2, 0.25) is 0 Å². The molecule has 7 nitrogen and oxygen atoms in total. The number of carbonyl (C=O) groups excluding carboxylic acids is 1. The van der Waals surface area contributed by atoms with E-state index in [4.69, 9.17) is 4.74 Å². The molecule has 3 aromatic rings. The lowest BCUT2D eigenvalue weighted by atomic mass is 10.1. The summed E-state index contributed by atoms with van der Waals surface area (Å²) in [5.74, 6) is -0.427. The fourth-order valence-electron chi connectivity index (χ4n) is 3.01. The van der Waals surface area contributed by atoms with Crippen LogP contribution in [0.4, 0.5) is 13.2 Å². The molecule has 0 aliphatic rings. The third kappa shape index (κ3) is 5.25. The number of hydrogen-bond acceptors (Lipinski definition) is 5. The Bertz CT molecular complexity index is 1160. The van der Waals surface area contributed by atoms with E-state index in [0.29, 0.717) is 10.8 Å². The molecule has 2 aromatic carbocycles. The predicted octanol–water partition coefficient (Wildman–Crippen LogP) is 3.17. The maximum Gasteiger partial charge on any atom is 0.416 e. The van der Waals surface area contributed by atoms with Crippen LogP contribution < -0.4 is 15.6 Å². The van der Waals surface area contributed by atoms with Crippen LogP contribution in [0.1, 0.15) is 35.9 Å². The molecule has 0 saturated carbocycles. The van der Waals surface area contributed by atoms with Gasteiger partial charge in [-0.05, 0) is 44.2 Å². The molecule has 0 radical (unpaired) electrons. The maximum atomic E-state index is 12.7. The zero-order chi connectivity index (χ0) is 23.5. The van der Waals surface area contributed by atoms with Crippen molar-refractivity contribution in [1.29, 1.82) is 0 Å². The average molecular weight is 449 g/mol. The summed E-state index contributed by atoms with van der Waals surface area (Å²) in [6, 6.07) is 10.4. The number of benzene rings is 2. The second-order valence-corrected chi connectivity index (χ2v) is 7.43. The molecular weight excluding hydrogens is 427 g/mol. The number of carbonyl (C=O) groups is 1. The van der Waals surface area contributed by atoms with Crippen LogP contribution >= 0.6 is 0 Å². The normalized spacial score (nSPS) is 12.7. The first-order valence-corrected chi connectivity index (χ1v) is 9.86. The van der Waals surface area contributed by atoms with Crippen molar-refractivity contribution in [2.45, 2.75) is 32.2 Å². The quantitative estimate of drug-likeness (QED) is 0.578. The van der Waals surface area contributed by atoms with E-state index in [0.717, 1.165) is 24.3 Å². The van der Waals surface area contributed by atoms with Crippen molar-refractivity contribution in [3.05, 3.63) is 70.1 Å². The fourth-order valence-corrected chi connectivity index (χ4v) is 3.01. The topological polar surface area (TPSA) is 93.5 Å². The summed E-state index contributed by atoms with van der Waals surface area (Å²) in [5, 5.41) is 17.6. The predicted molar refractivity (Wildman–Crippen MR) is 112 cm³/mol. The standard InChI is InChI=1S/C22H22F3N3O4/c1-13(2)28-21(31)18-6-4-3-5-17(18)19(27-28)20(30)26-11-15(29)12-32-16-9-7-14(8-10-16)22(23,24)25/h3-10,13,15,29H,11-12H2,1-2H3,(H,26,30). The molecule has 1 aromatic heterocycles. The first-order valence-electron chi connectivity index (χ1n) is 9.86. The fraction of sp³-hybridized carbons (Fsp3) is 0.318. The first kappa shape index (κ1) is 23.3. The van der Waals surface area contributed by atoms with Gasteiger partial charge in [0.05, 0.1) is 17.0 Å². The Morgan fingerprint density at radius 1 is 1.12 bits per heavy atom. The van der Waals surface area contributed by atoms with Gasteiger partial charge in [0.15, 0.2) is 5.69 Å². The molecule has 3 rings (SSSR count). The number of aromatic nitrogens is 2. The number of hydrogen-bond donors (Lipinski definition) is 2. The van der Waals surface area contributed by atoms with Gasteiger partial charge in [-0.2, -0.15) is 18.3 Å². The van der Waals surface area contributed by atoms with Crippen LogP contribution in [0.25, 0.3) is 10.8 Å². The van der Waals surface area contributed by atoms with E-state index in [1.54, 1.807) is 38.1 Å². The summed E-state index contributed by atoms with van der Waals surface area (Å²) in [5.41, 5.74) is -1.07. The van der Waals surface area contributed by atoms with Crippen molar-refractivity contribution in [3.8, 4) is 5.75 Å². The lowest BCUT2D eigenvalue weighted by Crippen LogP contribution is -2.37. The van der Waals surface area contributed by atoms with Crippen molar-refractivity contribution in [3.63, 3.8) is 0 Å². The van der Waals surface area contributed by atoms with E-state index >= 15 is 0 Å². The molecule has 0 fully saturated rings. The second kappa shape index (κ2) is 9.39. The summed E-state index contributed by atoms with van der Waals surface area (Å²) < 4.78 is 44.3. The van der Waals surface area contributed by atoms with E-state index < -0.39 is 23.8 Å². The minimum atomic E-state index is -4.45. The van der Waals surface area contributed by atoms with Gasteiger partial charge in [-0.25, -0.2) is 4.68 Å². The van der Waals surface area contributed by atoms with E-state index in [2.05, 4.69) is 10.4 Å². The highest BCUT2D eigenvalue weighted by molar-refractivity contribution is 6.04.